The maximum atomic E-state index is 14.1. The molecule has 72 heavy (non-hydrogen) atoms. The van der Waals surface area contributed by atoms with Crippen LogP contribution in [0.5, 0.6) is 0 Å². The standard InChI is InChI=1S/C54H94N10O8/c1-33(55-9)45(65)61-43(53(3,4)5)51(71)63-29-17-23-41(63)49(69)59-39(35-19-13-11-14-20-35)31-57-47(67)37-25-27-38(28-26-37)48(68)58-32-40(36-21-15-12-16-22-36)60-50(70)42-24-18-30-64(42)52(72)44(54(6,7)8)62-46(66)34(2)56-10/h33-44,55-56H,11-32H2,1-10H3,(H,57,67)(H,58,68)(H,59,69)(H,60,70)(H,61,65)(H,62,66)/t33-,34-,37?,38?,39+,40+,41-,42-,43+,44+/m0/s1. The Morgan fingerprint density at radius 2 is 0.778 bits per heavy atom. The first-order valence-electron chi connectivity index (χ1n) is 27.8. The third kappa shape index (κ3) is 15.8. The molecule has 3 aliphatic carbocycles. The van der Waals surface area contributed by atoms with Gasteiger partial charge in [0.1, 0.15) is 24.2 Å². The predicted molar refractivity (Wildman–Crippen MR) is 278 cm³/mol. The van der Waals surface area contributed by atoms with E-state index in [4.69, 9.17) is 0 Å². The number of hydrogen-bond acceptors (Lipinski definition) is 10. The zero-order chi connectivity index (χ0) is 52.9. The van der Waals surface area contributed by atoms with Gasteiger partial charge in [-0.15, -0.1) is 0 Å². The summed E-state index contributed by atoms with van der Waals surface area (Å²) in [6.07, 6.45) is 14.8. The van der Waals surface area contributed by atoms with Gasteiger partial charge in [0.25, 0.3) is 0 Å². The molecule has 408 valence electrons. The Labute approximate surface area is 430 Å². The second-order valence-electron chi connectivity index (χ2n) is 24.1. The molecule has 18 heteroatoms. The van der Waals surface area contributed by atoms with Crippen molar-refractivity contribution in [1.82, 2.24) is 52.3 Å². The lowest BCUT2D eigenvalue weighted by atomic mass is 9.80. The topological polar surface area (TPSA) is 239 Å². The van der Waals surface area contributed by atoms with Crippen molar-refractivity contribution in [3.63, 3.8) is 0 Å². The maximum Gasteiger partial charge on any atom is 0.246 e. The molecule has 2 heterocycles. The van der Waals surface area contributed by atoms with E-state index in [9.17, 15) is 38.4 Å². The Morgan fingerprint density at radius 3 is 1.08 bits per heavy atom. The summed E-state index contributed by atoms with van der Waals surface area (Å²) in [6.45, 7) is 16.3. The maximum absolute atomic E-state index is 14.1. The predicted octanol–water partition coefficient (Wildman–Crippen LogP) is 3.42. The first kappa shape index (κ1) is 58.6. The molecule has 2 aliphatic heterocycles. The van der Waals surface area contributed by atoms with E-state index in [1.807, 2.05) is 41.5 Å². The summed E-state index contributed by atoms with van der Waals surface area (Å²) in [4.78, 5) is 113. The van der Waals surface area contributed by atoms with Crippen LogP contribution in [-0.4, -0.2) is 146 Å². The van der Waals surface area contributed by atoms with Crippen LogP contribution in [0.15, 0.2) is 0 Å². The lowest BCUT2D eigenvalue weighted by Gasteiger charge is -2.37. The van der Waals surface area contributed by atoms with Crippen LogP contribution in [0.25, 0.3) is 0 Å². The minimum absolute atomic E-state index is 0.0793. The molecule has 8 N–H and O–H groups in total. The van der Waals surface area contributed by atoms with Gasteiger partial charge in [-0.2, -0.15) is 0 Å². The summed E-state index contributed by atoms with van der Waals surface area (Å²) >= 11 is 0. The highest BCUT2D eigenvalue weighted by Gasteiger charge is 2.45. The molecule has 18 nitrogen and oxygen atoms in total. The van der Waals surface area contributed by atoms with E-state index in [0.29, 0.717) is 64.5 Å². The molecule has 0 bridgehead atoms. The van der Waals surface area contributed by atoms with Crippen molar-refractivity contribution in [1.29, 1.82) is 0 Å². The van der Waals surface area contributed by atoms with Gasteiger partial charge >= 0.3 is 0 Å². The van der Waals surface area contributed by atoms with Gasteiger partial charge in [-0.25, -0.2) is 0 Å². The number of likely N-dealkylation sites (tertiary alicyclic amines) is 2. The fourth-order valence-corrected chi connectivity index (χ4v) is 11.7. The number of likely N-dealkylation sites (N-methyl/N-ethyl adjacent to an activating group) is 2. The van der Waals surface area contributed by atoms with Gasteiger partial charge < -0.3 is 52.3 Å². The van der Waals surface area contributed by atoms with E-state index in [1.165, 1.54) is 0 Å². The van der Waals surface area contributed by atoms with Crippen LogP contribution in [0, 0.1) is 34.5 Å². The molecule has 0 aromatic rings. The van der Waals surface area contributed by atoms with Gasteiger partial charge in [0.05, 0.1) is 12.1 Å². The monoisotopic (exact) mass is 1010 g/mol. The smallest absolute Gasteiger partial charge is 0.246 e. The lowest BCUT2D eigenvalue weighted by molar-refractivity contribution is -0.144. The molecule has 2 saturated heterocycles. The largest absolute Gasteiger partial charge is 0.354 e. The van der Waals surface area contributed by atoms with E-state index < -0.39 is 47.1 Å². The summed E-state index contributed by atoms with van der Waals surface area (Å²) in [5.41, 5.74) is -1.18. The Balaban J connectivity index is 1.15. The van der Waals surface area contributed by atoms with Gasteiger partial charge in [0, 0.05) is 50.1 Å². The molecule has 5 aliphatic rings. The number of carbonyl (C=O) groups is 8. The number of carbonyl (C=O) groups excluding carboxylic acids is 8. The number of nitrogens with zero attached hydrogens (tertiary/aromatic N) is 2. The molecule has 0 aromatic carbocycles. The summed E-state index contributed by atoms with van der Waals surface area (Å²) in [7, 11) is 3.38. The summed E-state index contributed by atoms with van der Waals surface area (Å²) in [5.74, 6) is -1.87. The van der Waals surface area contributed by atoms with Crippen molar-refractivity contribution in [2.24, 2.45) is 34.5 Å². The van der Waals surface area contributed by atoms with Gasteiger partial charge in [-0.1, -0.05) is 80.1 Å². The number of rotatable bonds is 20. The molecule has 0 radical (unpaired) electrons. The molecule has 8 atom stereocenters. The van der Waals surface area contributed by atoms with Crippen LogP contribution in [0.3, 0.4) is 0 Å². The van der Waals surface area contributed by atoms with E-state index in [0.717, 1.165) is 64.2 Å². The Kier molecular flexibility index (Phi) is 21.8. The van der Waals surface area contributed by atoms with Crippen LogP contribution >= 0.6 is 0 Å². The Morgan fingerprint density at radius 1 is 0.444 bits per heavy atom. The third-order valence-corrected chi connectivity index (χ3v) is 16.7. The number of nitrogens with one attached hydrogen (secondary N) is 8. The summed E-state index contributed by atoms with van der Waals surface area (Å²) in [5, 5.41) is 24.7. The number of amides is 8. The van der Waals surface area contributed by atoms with E-state index in [1.54, 1.807) is 37.7 Å². The first-order valence-corrected chi connectivity index (χ1v) is 27.8. The van der Waals surface area contributed by atoms with Crippen LogP contribution in [0.1, 0.15) is 171 Å². The van der Waals surface area contributed by atoms with Crippen molar-refractivity contribution in [3.8, 4) is 0 Å². The highest BCUT2D eigenvalue weighted by atomic mass is 16.2. The average molecular weight is 1010 g/mol. The minimum atomic E-state index is -0.814. The normalized spacial score (nSPS) is 25.0. The van der Waals surface area contributed by atoms with E-state index >= 15 is 0 Å². The van der Waals surface area contributed by atoms with Gasteiger partial charge in [-0.05, 0) is 128 Å². The molecular formula is C54H94N10O8. The molecular weight excluding hydrogens is 917 g/mol. The van der Waals surface area contributed by atoms with Crippen LogP contribution in [-0.2, 0) is 38.4 Å². The Bertz CT molecular complexity index is 1730. The molecule has 0 spiro atoms. The zero-order valence-corrected chi connectivity index (χ0v) is 45.6. The SMILES string of the molecule is CN[C@@H](C)C(=O)N[C@H](C(=O)N1CCC[C@H]1C(=O)N[C@H](CNC(=O)C1CCC(C(=O)NC[C@@H](NC(=O)[C@@H]2CCCN2C(=O)[C@@H](NC(=O)[C@H](C)NC)C(C)(C)C)C2CCCCC2)CC1)C1CCCCC1)C(C)(C)C. The average Bonchev–Trinajstić information content (AvgIpc) is 4.08. The zero-order valence-electron chi connectivity index (χ0n) is 45.6. The second-order valence-corrected chi connectivity index (χ2v) is 24.1. The van der Waals surface area contributed by atoms with Crippen molar-refractivity contribution in [2.45, 2.75) is 219 Å². The number of hydrogen-bond donors (Lipinski definition) is 8. The van der Waals surface area contributed by atoms with E-state index in [-0.39, 0.29) is 96.1 Å². The molecule has 5 fully saturated rings. The van der Waals surface area contributed by atoms with Crippen molar-refractivity contribution in [3.05, 3.63) is 0 Å². The molecule has 0 aromatic heterocycles. The fourth-order valence-electron chi connectivity index (χ4n) is 11.7. The van der Waals surface area contributed by atoms with Crippen LogP contribution in [0.2, 0.25) is 0 Å². The lowest BCUT2D eigenvalue weighted by Crippen LogP contribution is -2.60. The highest BCUT2D eigenvalue weighted by Crippen LogP contribution is 2.33. The van der Waals surface area contributed by atoms with Gasteiger partial charge in [-0.3, -0.25) is 38.4 Å². The van der Waals surface area contributed by atoms with Gasteiger partial charge in [0.15, 0.2) is 0 Å². The van der Waals surface area contributed by atoms with Crippen molar-refractivity contribution < 1.29 is 38.4 Å². The first-order chi connectivity index (χ1) is 34.0. The molecule has 8 amide bonds. The molecule has 0 unspecified atom stereocenters. The van der Waals surface area contributed by atoms with Crippen molar-refractivity contribution >= 4 is 47.3 Å². The minimum Gasteiger partial charge on any atom is -0.354 e. The fraction of sp³-hybridized carbons (Fsp3) is 0.852. The molecule has 5 rings (SSSR count). The van der Waals surface area contributed by atoms with Crippen LogP contribution < -0.4 is 42.5 Å². The highest BCUT2D eigenvalue weighted by molar-refractivity contribution is 5.95. The summed E-state index contributed by atoms with van der Waals surface area (Å²) < 4.78 is 0. The third-order valence-electron chi connectivity index (χ3n) is 16.7. The van der Waals surface area contributed by atoms with E-state index in [2.05, 4.69) is 42.5 Å². The second kappa shape index (κ2) is 26.8. The molecule has 3 saturated carbocycles. The van der Waals surface area contributed by atoms with Gasteiger partial charge in [0.2, 0.25) is 47.3 Å². The van der Waals surface area contributed by atoms with Crippen molar-refractivity contribution in [2.75, 3.05) is 40.3 Å². The quantitative estimate of drug-likeness (QED) is 0.0885. The Hall–Kier alpha value is -4.32. The van der Waals surface area contributed by atoms with Crippen LogP contribution in [0.4, 0.5) is 0 Å². The summed E-state index contributed by atoms with van der Waals surface area (Å²) in [6, 6.07) is -4.55.